The van der Waals surface area contributed by atoms with Crippen molar-refractivity contribution in [2.45, 2.75) is 50.5 Å². The lowest BCUT2D eigenvalue weighted by atomic mass is 9.79. The molecule has 5 nitrogen and oxygen atoms in total. The molecule has 1 aromatic heterocycles. The van der Waals surface area contributed by atoms with Crippen LogP contribution in [0.1, 0.15) is 48.9 Å². The Labute approximate surface area is 210 Å². The van der Waals surface area contributed by atoms with Crippen LogP contribution in [0.3, 0.4) is 0 Å². The van der Waals surface area contributed by atoms with Crippen molar-refractivity contribution < 1.29 is 23.8 Å². The predicted molar refractivity (Wildman–Crippen MR) is 136 cm³/mol. The van der Waals surface area contributed by atoms with Crippen LogP contribution < -0.4 is 9.47 Å². The highest BCUT2D eigenvalue weighted by Gasteiger charge is 2.61. The number of aromatic nitrogens is 1. The van der Waals surface area contributed by atoms with Gasteiger partial charge < -0.3 is 14.6 Å². The van der Waals surface area contributed by atoms with E-state index in [4.69, 9.17) is 9.47 Å². The van der Waals surface area contributed by atoms with E-state index in [0.717, 1.165) is 40.8 Å². The number of rotatable bonds is 8. The van der Waals surface area contributed by atoms with Crippen molar-refractivity contribution in [3.8, 4) is 22.8 Å². The molecular formula is C30H30FNO4. The number of halogens is 1. The summed E-state index contributed by atoms with van der Waals surface area (Å²) in [6.45, 7) is 8.39. The molecule has 1 fully saturated rings. The number of aryl methyl sites for hydroxylation is 1. The monoisotopic (exact) mass is 487 g/mol. The summed E-state index contributed by atoms with van der Waals surface area (Å²) in [6.07, 6.45) is 5.53. The number of carbonyl (C=O) groups is 1. The first-order valence-electron chi connectivity index (χ1n) is 12.1. The van der Waals surface area contributed by atoms with Crippen molar-refractivity contribution in [2.24, 2.45) is 5.92 Å². The van der Waals surface area contributed by atoms with Gasteiger partial charge in [0, 0.05) is 22.5 Å². The highest BCUT2D eigenvalue weighted by molar-refractivity contribution is 5.78. The molecule has 2 aromatic carbocycles. The third kappa shape index (κ3) is 4.04. The number of aliphatic carboxylic acids is 1. The number of ether oxygens (including phenoxy) is 2. The second-order valence-corrected chi connectivity index (χ2v) is 10.4. The van der Waals surface area contributed by atoms with Crippen LogP contribution in [-0.2, 0) is 28.7 Å². The van der Waals surface area contributed by atoms with Crippen molar-refractivity contribution in [3.05, 3.63) is 89.4 Å². The maximum absolute atomic E-state index is 14.8. The smallest absolute Gasteiger partial charge is 0.307 e. The molecule has 0 radical (unpaired) electrons. The molecule has 0 bridgehead atoms. The van der Waals surface area contributed by atoms with Gasteiger partial charge in [0.15, 0.2) is 0 Å². The summed E-state index contributed by atoms with van der Waals surface area (Å²) in [5.74, 6) is -0.360. The van der Waals surface area contributed by atoms with Gasteiger partial charge in [0.25, 0.3) is 0 Å². The van der Waals surface area contributed by atoms with Crippen molar-refractivity contribution in [1.29, 1.82) is 0 Å². The van der Waals surface area contributed by atoms with Crippen LogP contribution in [0, 0.1) is 11.7 Å². The molecule has 0 saturated heterocycles. The quantitative estimate of drug-likeness (QED) is 0.382. The second kappa shape index (κ2) is 8.77. The normalized spacial score (nSPS) is 20.2. The third-order valence-corrected chi connectivity index (χ3v) is 7.86. The maximum Gasteiger partial charge on any atom is 0.307 e. The fourth-order valence-corrected chi connectivity index (χ4v) is 5.49. The van der Waals surface area contributed by atoms with Gasteiger partial charge in [0.05, 0.1) is 19.2 Å². The summed E-state index contributed by atoms with van der Waals surface area (Å²) in [5.41, 5.74) is 4.72. The number of fused-ring (bicyclic) bond motifs is 2. The van der Waals surface area contributed by atoms with Gasteiger partial charge in [0.1, 0.15) is 18.2 Å². The Hall–Kier alpha value is -3.67. The molecule has 3 aromatic rings. The zero-order valence-corrected chi connectivity index (χ0v) is 20.8. The molecule has 0 amide bonds. The van der Waals surface area contributed by atoms with E-state index < -0.39 is 17.2 Å². The summed E-state index contributed by atoms with van der Waals surface area (Å²) >= 11 is 0. The maximum atomic E-state index is 14.8. The number of pyridine rings is 1. The van der Waals surface area contributed by atoms with Crippen LogP contribution in [0.25, 0.3) is 11.1 Å². The molecule has 1 heterocycles. The van der Waals surface area contributed by atoms with E-state index in [1.165, 1.54) is 18.9 Å². The Morgan fingerprint density at radius 3 is 2.75 bits per heavy atom. The predicted octanol–water partition coefficient (Wildman–Crippen LogP) is 6.23. The van der Waals surface area contributed by atoms with E-state index in [2.05, 4.69) is 17.6 Å². The summed E-state index contributed by atoms with van der Waals surface area (Å²) in [4.78, 5) is 15.5. The molecule has 2 unspecified atom stereocenters. The van der Waals surface area contributed by atoms with Crippen LogP contribution >= 0.6 is 0 Å². The number of benzene rings is 2. The molecule has 5 rings (SSSR count). The van der Waals surface area contributed by atoms with Gasteiger partial charge in [-0.25, -0.2) is 9.37 Å². The molecule has 1 saturated carbocycles. The number of allylic oxidation sites excluding steroid dienone is 1. The Bertz CT molecular complexity index is 1370. The number of hydrogen-bond acceptors (Lipinski definition) is 4. The minimum Gasteiger partial charge on any atom is -0.489 e. The van der Waals surface area contributed by atoms with Gasteiger partial charge in [-0.15, -0.1) is 6.58 Å². The Morgan fingerprint density at radius 1 is 1.25 bits per heavy atom. The molecule has 2 atom stereocenters. The highest BCUT2D eigenvalue weighted by atomic mass is 19.1. The third-order valence-electron chi connectivity index (χ3n) is 7.86. The minimum atomic E-state index is -0.713. The minimum absolute atomic E-state index is 0.223. The fraction of sp³-hybridized carbons (Fsp3) is 0.333. The number of methoxy groups -OCH3 is 1. The molecule has 1 N–H and O–H groups in total. The number of carboxylic acids is 1. The van der Waals surface area contributed by atoms with E-state index in [1.54, 1.807) is 6.07 Å². The van der Waals surface area contributed by atoms with Gasteiger partial charge in [0.2, 0.25) is 5.88 Å². The molecular weight excluding hydrogens is 457 g/mol. The summed E-state index contributed by atoms with van der Waals surface area (Å²) in [6, 6.07) is 13.5. The van der Waals surface area contributed by atoms with Crippen LogP contribution in [0.2, 0.25) is 0 Å². The van der Waals surface area contributed by atoms with Crippen LogP contribution in [0.15, 0.2) is 61.3 Å². The Kier molecular flexibility index (Phi) is 5.86. The van der Waals surface area contributed by atoms with Crippen LogP contribution in [-0.4, -0.2) is 23.2 Å². The summed E-state index contributed by atoms with van der Waals surface area (Å²) < 4.78 is 26.2. The first-order valence-corrected chi connectivity index (χ1v) is 12.1. The summed E-state index contributed by atoms with van der Waals surface area (Å²) in [5, 5.41) is 9.52. The molecule has 186 valence electrons. The Morgan fingerprint density at radius 2 is 2.06 bits per heavy atom. The van der Waals surface area contributed by atoms with E-state index in [-0.39, 0.29) is 11.3 Å². The Balaban J connectivity index is 1.43. The van der Waals surface area contributed by atoms with Crippen LogP contribution in [0.4, 0.5) is 4.39 Å². The average molecular weight is 488 g/mol. The molecule has 36 heavy (non-hydrogen) atoms. The molecule has 1 spiro atoms. The van der Waals surface area contributed by atoms with Crippen molar-refractivity contribution in [3.63, 3.8) is 0 Å². The molecule has 0 aliphatic heterocycles. The SMILES string of the molecule is C=CC(C)(C)c1cc(COc2ccc3c(c2)C2(CC3)CC2C(=O)O)ccc1-c1cc(OC)ncc1F. The highest BCUT2D eigenvalue weighted by Crippen LogP contribution is 2.62. The number of carboxylic acid groups (broad SMARTS) is 1. The lowest BCUT2D eigenvalue weighted by Gasteiger charge is -2.25. The molecule has 2 aliphatic rings. The van der Waals surface area contributed by atoms with E-state index >= 15 is 0 Å². The average Bonchev–Trinajstić information content (AvgIpc) is 3.52. The van der Waals surface area contributed by atoms with Gasteiger partial charge >= 0.3 is 5.97 Å². The zero-order chi connectivity index (χ0) is 25.7. The van der Waals surface area contributed by atoms with Crippen molar-refractivity contribution >= 4 is 5.97 Å². The molecule has 6 heteroatoms. The summed E-state index contributed by atoms with van der Waals surface area (Å²) in [7, 11) is 1.50. The van der Waals surface area contributed by atoms with E-state index in [9.17, 15) is 14.3 Å². The second-order valence-electron chi connectivity index (χ2n) is 10.4. The fourth-order valence-electron chi connectivity index (χ4n) is 5.49. The first-order chi connectivity index (χ1) is 17.2. The molecule has 2 aliphatic carbocycles. The van der Waals surface area contributed by atoms with Gasteiger partial charge in [-0.05, 0) is 59.2 Å². The number of nitrogens with zero attached hydrogens (tertiary/aromatic N) is 1. The van der Waals surface area contributed by atoms with Crippen molar-refractivity contribution in [1.82, 2.24) is 4.98 Å². The largest absolute Gasteiger partial charge is 0.489 e. The van der Waals surface area contributed by atoms with E-state index in [1.807, 2.05) is 50.3 Å². The first kappa shape index (κ1) is 24.0. The van der Waals surface area contributed by atoms with Gasteiger partial charge in [-0.1, -0.05) is 44.2 Å². The standard InChI is InChI=1S/C30H30FNO4/c1-5-29(2,3)24-12-18(6-9-21(24)22-14-27(35-4)32-16-26(22)31)17-36-20-8-7-19-10-11-30(23(19)13-20)15-25(30)28(33)34/h5-9,12-14,16,25H,1,10-11,15,17H2,2-4H3,(H,33,34). The van der Waals surface area contributed by atoms with Crippen LogP contribution in [0.5, 0.6) is 11.6 Å². The van der Waals surface area contributed by atoms with Crippen molar-refractivity contribution in [2.75, 3.05) is 7.11 Å². The topological polar surface area (TPSA) is 68.7 Å². The van der Waals surface area contributed by atoms with Gasteiger partial charge in [-0.2, -0.15) is 0 Å². The zero-order valence-electron chi connectivity index (χ0n) is 20.8. The lowest BCUT2D eigenvalue weighted by Crippen LogP contribution is -2.15. The lowest BCUT2D eigenvalue weighted by molar-refractivity contribution is -0.139. The number of hydrogen-bond donors (Lipinski definition) is 1. The van der Waals surface area contributed by atoms with E-state index in [0.29, 0.717) is 24.5 Å². The van der Waals surface area contributed by atoms with Gasteiger partial charge in [-0.3, -0.25) is 4.79 Å².